The molecule has 0 radical (unpaired) electrons. The zero-order chi connectivity index (χ0) is 26.1. The molecule has 9 nitrogen and oxygen atoms in total. The number of ether oxygens (including phenoxy) is 2. The zero-order valence-corrected chi connectivity index (χ0v) is 21.6. The monoisotopic (exact) mass is 548 g/mol. The summed E-state index contributed by atoms with van der Waals surface area (Å²) in [6, 6.07) is 3.52. The van der Waals surface area contributed by atoms with Crippen LogP contribution in [0.2, 0.25) is 5.02 Å². The molecule has 2 unspecified atom stereocenters. The van der Waals surface area contributed by atoms with E-state index in [1.54, 1.807) is 12.3 Å². The summed E-state index contributed by atoms with van der Waals surface area (Å²) in [4.78, 5) is 35.9. The molecule has 1 aromatic carbocycles. The molecule has 3 aliphatic heterocycles. The molecule has 0 spiro atoms. The van der Waals surface area contributed by atoms with Crippen LogP contribution in [0, 0.1) is 11.7 Å². The van der Waals surface area contributed by atoms with E-state index in [4.69, 9.17) is 26.1 Å². The fourth-order valence-electron chi connectivity index (χ4n) is 5.40. The Balaban J connectivity index is 1.54. The largest absolute Gasteiger partial charge is 0.481 e. The van der Waals surface area contributed by atoms with Crippen LogP contribution in [0.15, 0.2) is 46.0 Å². The molecule has 196 valence electrons. The van der Waals surface area contributed by atoms with Crippen molar-refractivity contribution in [3.63, 3.8) is 0 Å². The van der Waals surface area contributed by atoms with Crippen LogP contribution in [-0.2, 0) is 19.1 Å². The van der Waals surface area contributed by atoms with Gasteiger partial charge in [-0.15, -0.1) is 11.3 Å². The summed E-state index contributed by atoms with van der Waals surface area (Å²) in [6.45, 7) is 1.32. The molecular weight excluding hydrogens is 523 g/mol. The third kappa shape index (κ3) is 5.40. The summed E-state index contributed by atoms with van der Waals surface area (Å²) in [5.41, 5.74) is 1.32. The van der Waals surface area contributed by atoms with E-state index in [0.29, 0.717) is 54.7 Å². The van der Waals surface area contributed by atoms with Crippen LogP contribution in [0.1, 0.15) is 35.9 Å². The number of morpholine rings is 1. The quantitative estimate of drug-likeness (QED) is 0.506. The van der Waals surface area contributed by atoms with Gasteiger partial charge in [-0.3, -0.25) is 14.7 Å². The van der Waals surface area contributed by atoms with Gasteiger partial charge in [0.1, 0.15) is 11.9 Å². The van der Waals surface area contributed by atoms with Gasteiger partial charge in [0.2, 0.25) is 0 Å². The minimum atomic E-state index is -0.838. The maximum Gasteiger partial charge on any atom is 0.338 e. The normalized spacial score (nSPS) is 25.9. The number of hydrogen-bond acceptors (Lipinski definition) is 9. The second-order valence-corrected chi connectivity index (χ2v) is 10.7. The average molecular weight is 549 g/mol. The topological polar surface area (TPSA) is 113 Å². The number of rotatable bonds is 7. The number of halogens is 2. The van der Waals surface area contributed by atoms with Gasteiger partial charge < -0.3 is 19.9 Å². The smallest absolute Gasteiger partial charge is 0.338 e. The van der Waals surface area contributed by atoms with E-state index in [2.05, 4.69) is 15.2 Å². The molecule has 5 rings (SSSR count). The number of piperidine rings is 1. The molecule has 1 aromatic heterocycles. The third-order valence-corrected chi connectivity index (χ3v) is 8.09. The Morgan fingerprint density at radius 3 is 2.70 bits per heavy atom. The fourth-order valence-corrected chi connectivity index (χ4v) is 6.11. The van der Waals surface area contributed by atoms with Crippen molar-refractivity contribution in [1.82, 2.24) is 15.2 Å². The highest BCUT2D eigenvalue weighted by Crippen LogP contribution is 2.37. The minimum absolute atomic E-state index is 0.00125. The first kappa shape index (κ1) is 25.8. The molecule has 3 atom stereocenters. The van der Waals surface area contributed by atoms with Gasteiger partial charge in [0, 0.05) is 42.3 Å². The number of fused-ring (bicyclic) bond motifs is 2. The van der Waals surface area contributed by atoms with Gasteiger partial charge >= 0.3 is 11.9 Å². The van der Waals surface area contributed by atoms with Crippen LogP contribution >= 0.6 is 22.9 Å². The first-order chi connectivity index (χ1) is 17.8. The molecule has 2 aromatic rings. The highest BCUT2D eigenvalue weighted by molar-refractivity contribution is 7.11. The molecule has 0 saturated carbocycles. The highest BCUT2D eigenvalue weighted by atomic mass is 35.5. The van der Waals surface area contributed by atoms with Gasteiger partial charge in [-0.25, -0.2) is 14.2 Å². The number of carbonyl (C=O) groups is 2. The lowest BCUT2D eigenvalue weighted by atomic mass is 9.82. The number of hydrogen-bond donors (Lipinski definition) is 2. The molecule has 2 saturated heterocycles. The number of amidine groups is 1. The van der Waals surface area contributed by atoms with Crippen molar-refractivity contribution in [1.29, 1.82) is 0 Å². The standard InChI is InChI=1S/C25H26ClFN4O5S/c1-35-25(34)21-19(10-31-15-6-13(8-20(32)33)7-16(31)12-36-11-15)29-23(24-28-4-5-37-24)30-22(21)14-2-3-17(26)18(27)9-14/h2-5,9,13,15-16,22H,6-8,10-12H2,1H3,(H,29,30)(H,32,33)/t13?,15?,16?,22-/m0/s1. The fraction of sp³-hybridized carbons (Fsp3) is 0.440. The number of carbonyl (C=O) groups excluding carboxylic acids is 1. The van der Waals surface area contributed by atoms with Gasteiger partial charge in [-0.2, -0.15) is 0 Å². The first-order valence-electron chi connectivity index (χ1n) is 11.9. The van der Waals surface area contributed by atoms with E-state index in [9.17, 15) is 19.1 Å². The van der Waals surface area contributed by atoms with Gasteiger partial charge in [0.15, 0.2) is 10.8 Å². The van der Waals surface area contributed by atoms with Gasteiger partial charge in [0.25, 0.3) is 0 Å². The van der Waals surface area contributed by atoms with Crippen LogP contribution in [0.4, 0.5) is 4.39 Å². The molecule has 0 amide bonds. The van der Waals surface area contributed by atoms with Crippen molar-refractivity contribution in [2.45, 2.75) is 37.4 Å². The number of aliphatic carboxylic acids is 1. The Kier molecular flexibility index (Phi) is 7.57. The van der Waals surface area contributed by atoms with Crippen LogP contribution in [-0.4, -0.2) is 71.7 Å². The predicted octanol–water partition coefficient (Wildman–Crippen LogP) is 3.41. The van der Waals surface area contributed by atoms with E-state index >= 15 is 0 Å². The molecule has 2 bridgehead atoms. The molecule has 4 heterocycles. The predicted molar refractivity (Wildman–Crippen MR) is 135 cm³/mol. The SMILES string of the molecule is COC(=O)C1=C(CN2C3COCC2CC(CC(=O)O)C3)NC(c2nccs2)=N[C@H]1c1ccc(Cl)c(F)c1. The van der Waals surface area contributed by atoms with Crippen molar-refractivity contribution in [3.05, 3.63) is 62.5 Å². The second-order valence-electron chi connectivity index (χ2n) is 9.35. The second kappa shape index (κ2) is 10.9. The van der Waals surface area contributed by atoms with Crippen molar-refractivity contribution in [2.75, 3.05) is 26.9 Å². The van der Waals surface area contributed by atoms with Gasteiger partial charge in [-0.1, -0.05) is 17.7 Å². The van der Waals surface area contributed by atoms with Crippen LogP contribution in [0.25, 0.3) is 0 Å². The lowest BCUT2D eigenvalue weighted by Crippen LogP contribution is -2.58. The number of benzene rings is 1. The summed E-state index contributed by atoms with van der Waals surface area (Å²) in [5, 5.41) is 15.0. The van der Waals surface area contributed by atoms with Crippen molar-refractivity contribution >= 4 is 40.7 Å². The van der Waals surface area contributed by atoms with E-state index in [1.807, 2.05) is 5.38 Å². The Hall–Kier alpha value is -2.86. The number of carboxylic acids is 1. The Labute approximate surface area is 221 Å². The minimum Gasteiger partial charge on any atom is -0.481 e. The van der Waals surface area contributed by atoms with E-state index < -0.39 is 23.8 Å². The third-order valence-electron chi connectivity index (χ3n) is 7.00. The zero-order valence-electron chi connectivity index (χ0n) is 20.0. The first-order valence-corrected chi connectivity index (χ1v) is 13.2. The molecule has 3 aliphatic rings. The van der Waals surface area contributed by atoms with E-state index in [1.165, 1.54) is 30.6 Å². The number of thiazole rings is 1. The Morgan fingerprint density at radius 1 is 1.32 bits per heavy atom. The summed E-state index contributed by atoms with van der Waals surface area (Å²) in [7, 11) is 1.30. The van der Waals surface area contributed by atoms with Crippen molar-refractivity contribution in [2.24, 2.45) is 10.9 Å². The summed E-state index contributed by atoms with van der Waals surface area (Å²) < 4.78 is 25.4. The molecule has 2 N–H and O–H groups in total. The van der Waals surface area contributed by atoms with Gasteiger partial charge in [0.05, 0.1) is 30.9 Å². The number of esters is 1. The lowest BCUT2D eigenvalue weighted by molar-refractivity contribution is -0.141. The van der Waals surface area contributed by atoms with E-state index in [-0.39, 0.29) is 35.0 Å². The van der Waals surface area contributed by atoms with Gasteiger partial charge in [-0.05, 0) is 36.5 Å². The van der Waals surface area contributed by atoms with Crippen LogP contribution in [0.3, 0.4) is 0 Å². The number of methoxy groups -OCH3 is 1. The molecule has 2 fully saturated rings. The van der Waals surface area contributed by atoms with E-state index in [0.717, 1.165) is 0 Å². The number of nitrogens with one attached hydrogen (secondary N) is 1. The number of carboxylic acid groups (broad SMARTS) is 1. The maximum atomic E-state index is 14.5. The van der Waals surface area contributed by atoms with Crippen molar-refractivity contribution in [3.8, 4) is 0 Å². The molecule has 0 aliphatic carbocycles. The number of nitrogens with zero attached hydrogens (tertiary/aromatic N) is 3. The summed E-state index contributed by atoms with van der Waals surface area (Å²) in [5.74, 6) is -1.45. The average Bonchev–Trinajstić information content (AvgIpc) is 3.40. The highest BCUT2D eigenvalue weighted by Gasteiger charge is 2.42. The Bertz CT molecular complexity index is 1240. The lowest BCUT2D eigenvalue weighted by Gasteiger charge is -2.49. The number of aromatic nitrogens is 1. The van der Waals surface area contributed by atoms with Crippen LogP contribution < -0.4 is 5.32 Å². The number of aliphatic imine (C=N–C) groups is 1. The molecule has 12 heteroatoms. The maximum absolute atomic E-state index is 14.5. The summed E-state index contributed by atoms with van der Waals surface area (Å²) in [6.07, 6.45) is 3.15. The molecular formula is C25H26ClFN4O5S. The van der Waals surface area contributed by atoms with Crippen LogP contribution in [0.5, 0.6) is 0 Å². The van der Waals surface area contributed by atoms with Crippen molar-refractivity contribution < 1.29 is 28.6 Å². The summed E-state index contributed by atoms with van der Waals surface area (Å²) >= 11 is 7.31. The Morgan fingerprint density at radius 2 is 2.08 bits per heavy atom. The molecule has 37 heavy (non-hydrogen) atoms.